The lowest BCUT2D eigenvalue weighted by atomic mass is 10.0. The van der Waals surface area contributed by atoms with Gasteiger partial charge in [0, 0.05) is 37.1 Å². The predicted molar refractivity (Wildman–Crippen MR) is 197 cm³/mol. The molecule has 0 spiro atoms. The van der Waals surface area contributed by atoms with E-state index in [-0.39, 0.29) is 53.1 Å². The van der Waals surface area contributed by atoms with Gasteiger partial charge in [-0.05, 0) is 54.7 Å². The molecule has 18 heteroatoms. The number of para-hydroxylation sites is 1. The number of hydrogen-bond acceptors (Lipinski definition) is 10. The molecular formula is C33H41Cl3N3O11P. The number of aryl methyl sites for hydroxylation is 2. The van der Waals surface area contributed by atoms with Crippen molar-refractivity contribution >= 4 is 71.4 Å². The molecule has 0 aliphatic carbocycles. The SMILES string of the molecule is CCc1cccc(CC)c1N(COC)C(=O)CCl.COC(=O)c1cc(Oc2ccc(Cl)cc2Cl)ccc1[N+](=O)[O-].CP(=O)(O)CCC(N)C(=O)O. The van der Waals surface area contributed by atoms with E-state index in [0.29, 0.717) is 10.8 Å². The van der Waals surface area contributed by atoms with Gasteiger partial charge in [-0.15, -0.1) is 11.6 Å². The molecule has 0 radical (unpaired) electrons. The van der Waals surface area contributed by atoms with Crippen LogP contribution < -0.4 is 15.4 Å². The van der Waals surface area contributed by atoms with E-state index >= 15 is 0 Å². The quantitative estimate of drug-likeness (QED) is 0.0371. The summed E-state index contributed by atoms with van der Waals surface area (Å²) in [6.07, 6.45) is 1.75. The van der Waals surface area contributed by atoms with Crippen molar-refractivity contribution in [2.24, 2.45) is 5.73 Å². The number of carbonyl (C=O) groups excluding carboxylic acids is 2. The zero-order valence-corrected chi connectivity index (χ0v) is 31.8. The number of aliphatic carboxylic acids is 1. The molecule has 0 aliphatic heterocycles. The number of carboxylic acids is 1. The van der Waals surface area contributed by atoms with Crippen molar-refractivity contribution < 1.29 is 48.1 Å². The zero-order chi connectivity index (χ0) is 38.9. The van der Waals surface area contributed by atoms with Crippen LogP contribution in [0.5, 0.6) is 11.5 Å². The third kappa shape index (κ3) is 15.2. The highest BCUT2D eigenvalue weighted by atomic mass is 35.5. The third-order valence-electron chi connectivity index (χ3n) is 6.77. The van der Waals surface area contributed by atoms with Gasteiger partial charge in [0.05, 0.1) is 22.7 Å². The van der Waals surface area contributed by atoms with E-state index < -0.39 is 30.3 Å². The van der Waals surface area contributed by atoms with Gasteiger partial charge in [-0.25, -0.2) is 4.79 Å². The number of amides is 1. The van der Waals surface area contributed by atoms with Crippen LogP contribution in [0.2, 0.25) is 10.0 Å². The van der Waals surface area contributed by atoms with Gasteiger partial charge in [-0.1, -0.05) is 55.2 Å². The molecule has 2 atom stereocenters. The first-order chi connectivity index (χ1) is 23.9. The zero-order valence-electron chi connectivity index (χ0n) is 28.6. The molecule has 0 saturated heterocycles. The lowest BCUT2D eigenvalue weighted by Gasteiger charge is -2.26. The number of nitro benzene ring substituents is 1. The van der Waals surface area contributed by atoms with Crippen molar-refractivity contribution in [3.63, 3.8) is 0 Å². The number of benzene rings is 3. The molecule has 3 rings (SSSR count). The first-order valence-corrected chi connectivity index (χ1v) is 18.8. The molecule has 0 aromatic heterocycles. The summed E-state index contributed by atoms with van der Waals surface area (Å²) < 4.78 is 25.8. The number of nitrogens with two attached hydrogens (primary N) is 1. The number of anilines is 1. The Hall–Kier alpha value is -3.75. The smallest absolute Gasteiger partial charge is 0.345 e. The minimum absolute atomic E-state index is 0.0371. The second-order valence-corrected chi connectivity index (χ2v) is 14.3. The van der Waals surface area contributed by atoms with E-state index in [9.17, 15) is 29.1 Å². The monoisotopic (exact) mass is 791 g/mol. The van der Waals surface area contributed by atoms with Gasteiger partial charge < -0.3 is 29.9 Å². The molecule has 0 heterocycles. The maximum Gasteiger partial charge on any atom is 0.345 e. The first-order valence-electron chi connectivity index (χ1n) is 15.2. The minimum atomic E-state index is -3.10. The summed E-state index contributed by atoms with van der Waals surface area (Å²) in [4.78, 5) is 54.3. The highest BCUT2D eigenvalue weighted by molar-refractivity contribution is 7.57. The molecule has 0 aliphatic rings. The van der Waals surface area contributed by atoms with Crippen LogP contribution in [0.4, 0.5) is 11.4 Å². The Kier molecular flexibility index (Phi) is 19.7. The Morgan fingerprint density at radius 1 is 1.04 bits per heavy atom. The molecule has 0 bridgehead atoms. The standard InChI is InChI=1S/C14H9Cl2NO5.C14H20ClNO2.C5H12NO4P/c1-21-14(18)10-7-9(3-4-12(10)17(19)20)22-13-5-2-8(15)6-11(13)16;1-4-11-7-6-8-12(5-2)14(11)16(10-18-3)13(17)9-15;1-11(9,10)3-2-4(6)5(7)8/h2-7H,1H3;6-8H,4-5,9-10H2,1-3H3;4H,2-3,6H2,1H3,(H,7,8)(H,9,10). The number of ether oxygens (including phenoxy) is 3. The summed E-state index contributed by atoms with van der Waals surface area (Å²) in [7, 11) is -0.390. The van der Waals surface area contributed by atoms with Crippen LogP contribution in [0.25, 0.3) is 0 Å². The highest BCUT2D eigenvalue weighted by Gasteiger charge is 2.23. The summed E-state index contributed by atoms with van der Waals surface area (Å²) in [6.45, 7) is 5.57. The Labute approximate surface area is 310 Å². The number of carbonyl (C=O) groups is 3. The number of nitrogens with zero attached hydrogens (tertiary/aromatic N) is 2. The fourth-order valence-electron chi connectivity index (χ4n) is 4.22. The fraction of sp³-hybridized carbons (Fsp3) is 0.364. The second-order valence-electron chi connectivity index (χ2n) is 10.6. The highest BCUT2D eigenvalue weighted by Crippen LogP contribution is 2.36. The average molecular weight is 793 g/mol. The molecule has 14 nitrogen and oxygen atoms in total. The molecule has 3 aromatic carbocycles. The molecule has 4 N–H and O–H groups in total. The van der Waals surface area contributed by atoms with Crippen molar-refractivity contribution in [2.45, 2.75) is 39.2 Å². The van der Waals surface area contributed by atoms with Crippen molar-refractivity contribution in [2.75, 3.05) is 44.6 Å². The number of hydrogen-bond donors (Lipinski definition) is 3. The first kappa shape index (κ1) is 45.3. The number of methoxy groups -OCH3 is 2. The number of carboxylic acid groups (broad SMARTS) is 1. The number of alkyl halides is 1. The van der Waals surface area contributed by atoms with Gasteiger partial charge in [0.2, 0.25) is 5.91 Å². The normalized spacial score (nSPS) is 12.1. The summed E-state index contributed by atoms with van der Waals surface area (Å²) >= 11 is 17.4. The number of esters is 1. The molecule has 280 valence electrons. The maximum atomic E-state index is 12.0. The van der Waals surface area contributed by atoms with Crippen LogP contribution in [-0.2, 0) is 36.5 Å². The van der Waals surface area contributed by atoms with Crippen molar-refractivity contribution in [1.82, 2.24) is 0 Å². The van der Waals surface area contributed by atoms with Gasteiger partial charge in [0.15, 0.2) is 7.37 Å². The summed E-state index contributed by atoms with van der Waals surface area (Å²) in [5.41, 5.74) is 7.75. The number of nitro groups is 1. The molecular weight excluding hydrogens is 752 g/mol. The van der Waals surface area contributed by atoms with Crippen LogP contribution in [0.15, 0.2) is 54.6 Å². The molecule has 51 heavy (non-hydrogen) atoms. The van der Waals surface area contributed by atoms with Crippen LogP contribution in [-0.4, -0.2) is 78.5 Å². The van der Waals surface area contributed by atoms with E-state index in [2.05, 4.69) is 18.6 Å². The van der Waals surface area contributed by atoms with E-state index in [1.165, 1.54) is 24.9 Å². The molecule has 1 amide bonds. The van der Waals surface area contributed by atoms with E-state index in [4.69, 9.17) is 60.0 Å². The van der Waals surface area contributed by atoms with Gasteiger partial charge in [-0.3, -0.25) is 29.2 Å². The van der Waals surface area contributed by atoms with E-state index in [1.807, 2.05) is 18.2 Å². The van der Waals surface area contributed by atoms with Crippen LogP contribution in [0.1, 0.15) is 41.8 Å². The van der Waals surface area contributed by atoms with E-state index in [0.717, 1.165) is 42.8 Å². The van der Waals surface area contributed by atoms with Crippen LogP contribution in [0.3, 0.4) is 0 Å². The maximum absolute atomic E-state index is 12.0. The Bertz CT molecular complexity index is 1680. The summed E-state index contributed by atoms with van der Waals surface area (Å²) in [6, 6.07) is 13.4. The van der Waals surface area contributed by atoms with Gasteiger partial charge in [0.1, 0.15) is 35.7 Å². The molecule has 3 aromatic rings. The average Bonchev–Trinajstić information content (AvgIpc) is 3.09. The lowest BCUT2D eigenvalue weighted by molar-refractivity contribution is -0.385. The predicted octanol–water partition coefficient (Wildman–Crippen LogP) is 7.16. The van der Waals surface area contributed by atoms with Crippen molar-refractivity contribution in [3.8, 4) is 11.5 Å². The minimum Gasteiger partial charge on any atom is -0.480 e. The van der Waals surface area contributed by atoms with Crippen molar-refractivity contribution in [3.05, 3.63) is 91.4 Å². The van der Waals surface area contributed by atoms with E-state index in [1.54, 1.807) is 24.1 Å². The third-order valence-corrected chi connectivity index (χ3v) is 8.62. The molecule has 0 saturated carbocycles. The largest absolute Gasteiger partial charge is 0.480 e. The molecule has 2 unspecified atom stereocenters. The Morgan fingerprint density at radius 3 is 2.10 bits per heavy atom. The van der Waals surface area contributed by atoms with Gasteiger partial charge in [-0.2, -0.15) is 0 Å². The topological polar surface area (TPSA) is 209 Å². The summed E-state index contributed by atoms with van der Waals surface area (Å²) in [5, 5.41) is 19.9. The Morgan fingerprint density at radius 2 is 1.65 bits per heavy atom. The fourth-order valence-corrected chi connectivity index (χ4v) is 5.57. The van der Waals surface area contributed by atoms with Gasteiger partial charge >= 0.3 is 11.9 Å². The van der Waals surface area contributed by atoms with Crippen molar-refractivity contribution in [1.29, 1.82) is 0 Å². The molecule has 0 fully saturated rings. The lowest BCUT2D eigenvalue weighted by Crippen LogP contribution is -2.35. The second kappa shape index (κ2) is 22.2. The number of halogens is 3. The van der Waals surface area contributed by atoms with Crippen LogP contribution >= 0.6 is 42.2 Å². The summed E-state index contributed by atoms with van der Waals surface area (Å²) in [5.74, 6) is -1.64. The van der Waals surface area contributed by atoms with Gasteiger partial charge in [0.25, 0.3) is 5.69 Å². The van der Waals surface area contributed by atoms with Crippen LogP contribution in [0, 0.1) is 10.1 Å². The number of rotatable bonds is 14. The Balaban J connectivity index is 0.000000405.